The summed E-state index contributed by atoms with van der Waals surface area (Å²) in [5.74, 6) is -1.00. The fraction of sp³-hybridized carbons (Fsp3) is 0.100. The van der Waals surface area contributed by atoms with Gasteiger partial charge in [-0.25, -0.2) is 9.78 Å². The van der Waals surface area contributed by atoms with Gasteiger partial charge in [0, 0.05) is 17.6 Å². The number of aromatic nitrogens is 2. The Labute approximate surface area is 160 Å². The molecular formula is C20H17N5O3. The second-order valence-corrected chi connectivity index (χ2v) is 5.70. The van der Waals surface area contributed by atoms with E-state index in [1.807, 2.05) is 18.2 Å². The number of benzene rings is 2. The topological polar surface area (TPSA) is 120 Å². The summed E-state index contributed by atoms with van der Waals surface area (Å²) in [5, 5.41) is 14.8. The lowest BCUT2D eigenvalue weighted by molar-refractivity contribution is -0.112. The van der Waals surface area contributed by atoms with Gasteiger partial charge in [0.25, 0.3) is 5.91 Å². The van der Waals surface area contributed by atoms with E-state index in [0.29, 0.717) is 16.9 Å². The van der Waals surface area contributed by atoms with E-state index >= 15 is 0 Å². The molecule has 0 unspecified atom stereocenters. The summed E-state index contributed by atoms with van der Waals surface area (Å²) in [6.07, 6.45) is 2.92. The van der Waals surface area contributed by atoms with Gasteiger partial charge >= 0.3 is 5.97 Å². The number of nitriles is 1. The number of hydrogen-bond donors (Lipinski definition) is 3. The molecule has 140 valence electrons. The Morgan fingerprint density at radius 3 is 2.68 bits per heavy atom. The van der Waals surface area contributed by atoms with Gasteiger partial charge in [0.15, 0.2) is 0 Å². The van der Waals surface area contributed by atoms with Gasteiger partial charge in [-0.1, -0.05) is 0 Å². The molecule has 3 aromatic rings. The first-order valence-electron chi connectivity index (χ1n) is 8.49. The number of imidazole rings is 1. The average molecular weight is 375 g/mol. The number of nitrogens with zero attached hydrogens (tertiary/aromatic N) is 2. The number of esters is 1. The molecule has 0 aliphatic carbocycles. The standard InChI is InChI=1S/C20H17N5O3/c1-2-28-20(27)13-3-5-15(6-4-13)25-19(26)14(10-21)11-22-16-7-8-17-18(9-16)24-12-23-17/h3-9,11-12,22H,2H2,1H3,(H,23,24)(H,25,26)/b14-11-. The summed E-state index contributed by atoms with van der Waals surface area (Å²) in [7, 11) is 0. The molecule has 1 heterocycles. The number of H-pyrrole nitrogens is 1. The molecular weight excluding hydrogens is 358 g/mol. The Morgan fingerprint density at radius 1 is 1.21 bits per heavy atom. The molecule has 8 nitrogen and oxygen atoms in total. The predicted octanol–water partition coefficient (Wildman–Crippen LogP) is 3.20. The molecule has 2 aromatic carbocycles. The van der Waals surface area contributed by atoms with Crippen molar-refractivity contribution in [1.82, 2.24) is 9.97 Å². The average Bonchev–Trinajstić information content (AvgIpc) is 3.17. The smallest absolute Gasteiger partial charge is 0.338 e. The zero-order chi connectivity index (χ0) is 19.9. The van der Waals surface area contributed by atoms with Crippen LogP contribution in [0.25, 0.3) is 11.0 Å². The van der Waals surface area contributed by atoms with Crippen molar-refractivity contribution in [2.75, 3.05) is 17.2 Å². The lowest BCUT2D eigenvalue weighted by Crippen LogP contribution is -2.14. The van der Waals surface area contributed by atoms with Crippen LogP contribution in [0.4, 0.5) is 11.4 Å². The van der Waals surface area contributed by atoms with Gasteiger partial charge in [0.1, 0.15) is 11.6 Å². The monoisotopic (exact) mass is 375 g/mol. The van der Waals surface area contributed by atoms with Crippen LogP contribution in [-0.4, -0.2) is 28.5 Å². The highest BCUT2D eigenvalue weighted by molar-refractivity contribution is 6.07. The molecule has 1 aromatic heterocycles. The maximum Gasteiger partial charge on any atom is 0.338 e. The van der Waals surface area contributed by atoms with Crippen molar-refractivity contribution in [3.8, 4) is 6.07 Å². The molecule has 28 heavy (non-hydrogen) atoms. The number of hydrogen-bond acceptors (Lipinski definition) is 6. The van der Waals surface area contributed by atoms with Crippen LogP contribution in [0.2, 0.25) is 0 Å². The summed E-state index contributed by atoms with van der Waals surface area (Å²) < 4.78 is 4.91. The number of aromatic amines is 1. The molecule has 0 bridgehead atoms. The van der Waals surface area contributed by atoms with Crippen molar-refractivity contribution in [2.45, 2.75) is 6.92 Å². The Hall–Kier alpha value is -4.12. The number of carbonyl (C=O) groups excluding carboxylic acids is 2. The quantitative estimate of drug-likeness (QED) is 0.346. The van der Waals surface area contributed by atoms with Gasteiger partial charge in [-0.05, 0) is 49.4 Å². The zero-order valence-corrected chi connectivity index (χ0v) is 15.0. The summed E-state index contributed by atoms with van der Waals surface area (Å²) in [5.41, 5.74) is 3.10. The van der Waals surface area contributed by atoms with Crippen molar-refractivity contribution < 1.29 is 14.3 Å². The van der Waals surface area contributed by atoms with Crippen LogP contribution in [0.3, 0.4) is 0 Å². The number of rotatable bonds is 6. The van der Waals surface area contributed by atoms with Crippen LogP contribution in [-0.2, 0) is 9.53 Å². The maximum absolute atomic E-state index is 12.3. The van der Waals surface area contributed by atoms with Gasteiger partial charge in [-0.3, -0.25) is 4.79 Å². The van der Waals surface area contributed by atoms with Crippen LogP contribution in [0.15, 0.2) is 60.6 Å². The molecule has 1 amide bonds. The lowest BCUT2D eigenvalue weighted by atomic mass is 10.2. The third kappa shape index (κ3) is 4.34. The fourth-order valence-electron chi connectivity index (χ4n) is 2.43. The van der Waals surface area contributed by atoms with E-state index in [9.17, 15) is 14.9 Å². The van der Waals surface area contributed by atoms with Crippen LogP contribution >= 0.6 is 0 Å². The van der Waals surface area contributed by atoms with Crippen molar-refractivity contribution in [2.24, 2.45) is 0 Å². The third-order valence-corrected chi connectivity index (χ3v) is 3.82. The van der Waals surface area contributed by atoms with E-state index in [4.69, 9.17) is 4.74 Å². The molecule has 0 aliphatic rings. The molecule has 0 atom stereocenters. The number of anilines is 2. The summed E-state index contributed by atoms with van der Waals surface area (Å²) in [6.45, 7) is 2.01. The molecule has 0 aliphatic heterocycles. The van der Waals surface area contributed by atoms with Crippen molar-refractivity contribution >= 4 is 34.3 Å². The van der Waals surface area contributed by atoms with Crippen molar-refractivity contribution in [3.63, 3.8) is 0 Å². The Bertz CT molecular complexity index is 1080. The van der Waals surface area contributed by atoms with Gasteiger partial charge in [0.05, 0.1) is 29.5 Å². The highest BCUT2D eigenvalue weighted by Gasteiger charge is 2.11. The SMILES string of the molecule is CCOC(=O)c1ccc(NC(=O)/C(C#N)=C\Nc2ccc3nc[nH]c3c2)cc1. The van der Waals surface area contributed by atoms with Crippen LogP contribution in [0, 0.1) is 11.3 Å². The van der Waals surface area contributed by atoms with Crippen LogP contribution in [0.1, 0.15) is 17.3 Å². The fourth-order valence-corrected chi connectivity index (χ4v) is 2.43. The van der Waals surface area contributed by atoms with E-state index in [1.165, 1.54) is 6.20 Å². The van der Waals surface area contributed by atoms with Crippen molar-refractivity contribution in [1.29, 1.82) is 5.26 Å². The normalized spacial score (nSPS) is 10.9. The molecule has 0 radical (unpaired) electrons. The van der Waals surface area contributed by atoms with E-state index in [-0.39, 0.29) is 12.2 Å². The first-order valence-corrected chi connectivity index (χ1v) is 8.49. The summed E-state index contributed by atoms with van der Waals surface area (Å²) in [6, 6.07) is 13.5. The minimum Gasteiger partial charge on any atom is -0.462 e. The van der Waals surface area contributed by atoms with Crippen LogP contribution < -0.4 is 10.6 Å². The molecule has 0 fully saturated rings. The van der Waals surface area contributed by atoms with E-state index < -0.39 is 11.9 Å². The van der Waals surface area contributed by atoms with E-state index in [0.717, 1.165) is 11.0 Å². The number of ether oxygens (including phenoxy) is 1. The van der Waals surface area contributed by atoms with E-state index in [1.54, 1.807) is 43.6 Å². The largest absolute Gasteiger partial charge is 0.462 e. The molecule has 0 spiro atoms. The minimum atomic E-state index is -0.568. The number of fused-ring (bicyclic) bond motifs is 1. The summed E-state index contributed by atoms with van der Waals surface area (Å²) >= 11 is 0. The highest BCUT2D eigenvalue weighted by Crippen LogP contribution is 2.16. The van der Waals surface area contributed by atoms with Gasteiger partial charge in [0.2, 0.25) is 0 Å². The molecule has 3 N–H and O–H groups in total. The Kier molecular flexibility index (Phi) is 5.67. The Balaban J connectivity index is 1.66. The van der Waals surface area contributed by atoms with Gasteiger partial charge in [-0.15, -0.1) is 0 Å². The first-order chi connectivity index (χ1) is 13.6. The lowest BCUT2D eigenvalue weighted by Gasteiger charge is -2.06. The number of nitrogens with one attached hydrogen (secondary N) is 3. The van der Waals surface area contributed by atoms with E-state index in [2.05, 4.69) is 20.6 Å². The molecule has 0 saturated heterocycles. The molecule has 3 rings (SSSR count). The molecule has 8 heteroatoms. The number of carbonyl (C=O) groups is 2. The van der Waals surface area contributed by atoms with Crippen LogP contribution in [0.5, 0.6) is 0 Å². The van der Waals surface area contributed by atoms with Crippen molar-refractivity contribution in [3.05, 3.63) is 66.1 Å². The van der Waals surface area contributed by atoms with Gasteiger partial charge < -0.3 is 20.4 Å². The Morgan fingerprint density at radius 2 is 1.96 bits per heavy atom. The zero-order valence-electron chi connectivity index (χ0n) is 15.0. The second-order valence-electron chi connectivity index (χ2n) is 5.70. The second kappa shape index (κ2) is 8.51. The summed E-state index contributed by atoms with van der Waals surface area (Å²) in [4.78, 5) is 31.1. The van der Waals surface area contributed by atoms with Gasteiger partial charge in [-0.2, -0.15) is 5.26 Å². The third-order valence-electron chi connectivity index (χ3n) is 3.82. The predicted molar refractivity (Wildman–Crippen MR) is 104 cm³/mol. The molecule has 0 saturated carbocycles. The first kappa shape index (κ1) is 18.7. The number of amides is 1. The maximum atomic E-state index is 12.3. The minimum absolute atomic E-state index is 0.0980. The highest BCUT2D eigenvalue weighted by atomic mass is 16.5.